The third-order valence-corrected chi connectivity index (χ3v) is 8.52. The SMILES string of the molecule is O=C(CC(SCCS(=O)(=O)O)c1ccnc(O)n1)CC(SCCS(=O)(=O)O)c1nccc(O)n1. The molecule has 0 bridgehead atoms. The fraction of sp³-hybridized carbons (Fsp3) is 0.471. The Labute approximate surface area is 204 Å². The summed E-state index contributed by atoms with van der Waals surface area (Å²) < 4.78 is 62.1. The number of thioether (sulfide) groups is 2. The Morgan fingerprint density at radius 1 is 0.853 bits per heavy atom. The van der Waals surface area contributed by atoms with Gasteiger partial charge in [0.05, 0.1) is 27.7 Å². The summed E-state index contributed by atoms with van der Waals surface area (Å²) in [6, 6.07) is 2.15. The van der Waals surface area contributed by atoms with E-state index in [0.717, 1.165) is 23.5 Å². The monoisotopic (exact) mass is 554 g/mol. The molecule has 0 saturated carbocycles. The molecule has 0 aliphatic heterocycles. The predicted molar refractivity (Wildman–Crippen MR) is 125 cm³/mol. The molecular weight excluding hydrogens is 532 g/mol. The largest absolute Gasteiger partial charge is 0.493 e. The summed E-state index contributed by atoms with van der Waals surface area (Å²) in [5.41, 5.74) is 0.269. The molecule has 0 fully saturated rings. The first kappa shape index (κ1) is 28.2. The summed E-state index contributed by atoms with van der Waals surface area (Å²) in [6.45, 7) is 0. The molecule has 188 valence electrons. The first-order valence-corrected chi connectivity index (χ1v) is 14.8. The van der Waals surface area contributed by atoms with E-state index in [1.165, 1.54) is 24.5 Å². The topological polar surface area (TPSA) is 218 Å². The van der Waals surface area contributed by atoms with Crippen molar-refractivity contribution in [3.8, 4) is 11.9 Å². The average Bonchev–Trinajstić information content (AvgIpc) is 2.70. The van der Waals surface area contributed by atoms with Gasteiger partial charge in [0.1, 0.15) is 11.6 Å². The highest BCUT2D eigenvalue weighted by atomic mass is 32.2. The fourth-order valence-corrected chi connectivity index (χ4v) is 6.82. The lowest BCUT2D eigenvalue weighted by Gasteiger charge is -2.18. The van der Waals surface area contributed by atoms with Crippen LogP contribution in [0.4, 0.5) is 0 Å². The quantitative estimate of drug-likeness (QED) is 0.240. The molecule has 2 aromatic rings. The first-order valence-electron chi connectivity index (χ1n) is 9.51. The van der Waals surface area contributed by atoms with Gasteiger partial charge in [-0.05, 0) is 6.07 Å². The smallest absolute Gasteiger partial charge is 0.314 e. The molecule has 2 heterocycles. The van der Waals surface area contributed by atoms with Crippen LogP contribution in [0.1, 0.15) is 34.9 Å². The van der Waals surface area contributed by atoms with Crippen LogP contribution < -0.4 is 0 Å². The van der Waals surface area contributed by atoms with E-state index < -0.39 is 48.3 Å². The van der Waals surface area contributed by atoms with E-state index in [9.17, 15) is 31.8 Å². The van der Waals surface area contributed by atoms with Gasteiger partial charge >= 0.3 is 6.01 Å². The number of rotatable bonds is 14. The standard InChI is InChI=1S/C17H22N4O9S4/c22-11(9-13(31-5-7-33(25,26)27)12-1-3-19-17(24)20-12)10-14(32-6-8-34(28,29)30)16-18-4-2-15(23)21-16/h1-4,13-14H,5-10H2,(H,18,21,23)(H,19,20,24)(H,25,26,27)(H,28,29,30). The zero-order valence-corrected chi connectivity index (χ0v) is 20.7. The minimum Gasteiger partial charge on any atom is -0.493 e. The number of ketones is 1. The van der Waals surface area contributed by atoms with Crippen molar-refractivity contribution in [2.75, 3.05) is 23.0 Å². The maximum atomic E-state index is 12.9. The van der Waals surface area contributed by atoms with Gasteiger partial charge in [0.15, 0.2) is 0 Å². The molecule has 0 saturated heterocycles. The van der Waals surface area contributed by atoms with Crippen molar-refractivity contribution in [1.82, 2.24) is 19.9 Å². The molecule has 34 heavy (non-hydrogen) atoms. The average molecular weight is 555 g/mol. The number of aromatic nitrogens is 4. The zero-order chi connectivity index (χ0) is 25.4. The number of carbonyl (C=O) groups excluding carboxylic acids is 1. The van der Waals surface area contributed by atoms with E-state index in [1.54, 1.807) is 0 Å². The number of Topliss-reactive ketones (excluding diaryl/α,β-unsaturated/α-hetero) is 1. The van der Waals surface area contributed by atoms with Crippen LogP contribution in [0.2, 0.25) is 0 Å². The minimum atomic E-state index is -4.23. The van der Waals surface area contributed by atoms with Gasteiger partial charge in [0.2, 0.25) is 5.88 Å². The third kappa shape index (κ3) is 10.9. The van der Waals surface area contributed by atoms with Crippen molar-refractivity contribution < 1.29 is 40.9 Å². The van der Waals surface area contributed by atoms with Crippen LogP contribution in [-0.4, -0.2) is 84.9 Å². The van der Waals surface area contributed by atoms with E-state index in [0.29, 0.717) is 0 Å². The molecule has 4 N–H and O–H groups in total. The maximum Gasteiger partial charge on any atom is 0.314 e. The summed E-state index contributed by atoms with van der Waals surface area (Å²) in [5.74, 6) is -1.83. The molecular formula is C17H22N4O9S4. The van der Waals surface area contributed by atoms with E-state index in [-0.39, 0.29) is 47.5 Å². The maximum absolute atomic E-state index is 12.9. The molecule has 2 aromatic heterocycles. The third-order valence-electron chi connectivity index (χ3n) is 4.09. The van der Waals surface area contributed by atoms with E-state index in [2.05, 4.69) is 19.9 Å². The highest BCUT2D eigenvalue weighted by molar-refractivity contribution is 8.00. The Morgan fingerprint density at radius 3 is 1.97 bits per heavy atom. The second-order valence-corrected chi connectivity index (χ2v) is 12.6. The molecule has 0 aliphatic rings. The van der Waals surface area contributed by atoms with Crippen molar-refractivity contribution in [1.29, 1.82) is 0 Å². The van der Waals surface area contributed by atoms with Gasteiger partial charge in [-0.25, -0.2) is 9.97 Å². The van der Waals surface area contributed by atoms with Gasteiger partial charge in [-0.1, -0.05) is 0 Å². The van der Waals surface area contributed by atoms with Crippen molar-refractivity contribution >= 4 is 49.5 Å². The molecule has 0 radical (unpaired) electrons. The highest BCUT2D eigenvalue weighted by Gasteiger charge is 2.25. The van der Waals surface area contributed by atoms with Gasteiger partial charge in [-0.15, -0.1) is 11.8 Å². The second kappa shape index (κ2) is 12.6. The Balaban J connectivity index is 2.17. The summed E-state index contributed by atoms with van der Waals surface area (Å²) >= 11 is 2.04. The van der Waals surface area contributed by atoms with Crippen molar-refractivity contribution in [2.24, 2.45) is 0 Å². The Kier molecular flexibility index (Phi) is 10.4. The minimum absolute atomic E-state index is 0.0518. The highest BCUT2D eigenvalue weighted by Crippen LogP contribution is 2.36. The Hall–Kier alpha value is -2.05. The van der Waals surface area contributed by atoms with Gasteiger partial charge in [-0.3, -0.25) is 13.9 Å². The number of hydrogen-bond donors (Lipinski definition) is 4. The van der Waals surface area contributed by atoms with Crippen molar-refractivity contribution in [3.05, 3.63) is 36.0 Å². The molecule has 0 amide bonds. The number of nitrogens with zero attached hydrogens (tertiary/aromatic N) is 4. The van der Waals surface area contributed by atoms with E-state index >= 15 is 0 Å². The normalized spacial score (nSPS) is 13.9. The van der Waals surface area contributed by atoms with Crippen LogP contribution in [-0.2, 0) is 25.0 Å². The second-order valence-electron chi connectivity index (χ2n) is 6.79. The van der Waals surface area contributed by atoms with Crippen LogP contribution in [0.15, 0.2) is 24.5 Å². The van der Waals surface area contributed by atoms with Crippen LogP contribution in [0.3, 0.4) is 0 Å². The molecule has 13 nitrogen and oxygen atoms in total. The van der Waals surface area contributed by atoms with E-state index in [4.69, 9.17) is 9.11 Å². The Bertz CT molecular complexity index is 1100. The van der Waals surface area contributed by atoms with Gasteiger partial charge in [-0.2, -0.15) is 38.6 Å². The zero-order valence-electron chi connectivity index (χ0n) is 17.5. The van der Waals surface area contributed by atoms with Crippen LogP contribution in [0.25, 0.3) is 0 Å². The molecule has 0 aromatic carbocycles. The van der Waals surface area contributed by atoms with Gasteiger partial charge in [0, 0.05) is 42.8 Å². The molecule has 0 aliphatic carbocycles. The van der Waals surface area contributed by atoms with Crippen molar-refractivity contribution in [2.45, 2.75) is 23.3 Å². The summed E-state index contributed by atoms with van der Waals surface area (Å²) in [7, 11) is -8.45. The fourth-order valence-electron chi connectivity index (χ4n) is 2.62. The van der Waals surface area contributed by atoms with Gasteiger partial charge < -0.3 is 10.2 Å². The van der Waals surface area contributed by atoms with Crippen LogP contribution in [0, 0.1) is 0 Å². The summed E-state index contributed by atoms with van der Waals surface area (Å²) in [5, 5.41) is 17.8. The Morgan fingerprint density at radius 2 is 1.41 bits per heavy atom. The first-order chi connectivity index (χ1) is 15.8. The van der Waals surface area contributed by atoms with Gasteiger partial charge in [0.25, 0.3) is 20.2 Å². The predicted octanol–water partition coefficient (Wildman–Crippen LogP) is 1.05. The van der Waals surface area contributed by atoms with Crippen LogP contribution in [0.5, 0.6) is 11.9 Å². The summed E-state index contributed by atoms with van der Waals surface area (Å²) in [4.78, 5) is 28.3. The molecule has 2 atom stereocenters. The number of carbonyl (C=O) groups is 1. The lowest BCUT2D eigenvalue weighted by molar-refractivity contribution is -0.119. The number of aromatic hydroxyl groups is 2. The summed E-state index contributed by atoms with van der Waals surface area (Å²) in [6.07, 6.45) is 2.22. The molecule has 0 spiro atoms. The lowest BCUT2D eigenvalue weighted by atomic mass is 10.1. The molecule has 2 rings (SSSR count). The molecule has 17 heteroatoms. The molecule has 2 unspecified atom stereocenters. The van der Waals surface area contributed by atoms with Crippen molar-refractivity contribution in [3.63, 3.8) is 0 Å². The van der Waals surface area contributed by atoms with Crippen LogP contribution >= 0.6 is 23.5 Å². The van der Waals surface area contributed by atoms with E-state index in [1.807, 2.05) is 0 Å². The number of hydrogen-bond acceptors (Lipinski definition) is 13. The lowest BCUT2D eigenvalue weighted by Crippen LogP contribution is -2.14.